The highest BCUT2D eigenvalue weighted by Gasteiger charge is 2.53. The van der Waals surface area contributed by atoms with Gasteiger partial charge in [0.25, 0.3) is 0 Å². The zero-order valence-electron chi connectivity index (χ0n) is 17.8. The number of piperidine rings is 3. The lowest BCUT2D eigenvalue weighted by atomic mass is 9.76. The Bertz CT molecular complexity index is 993. The Morgan fingerprint density at radius 2 is 1.77 bits per heavy atom. The van der Waals surface area contributed by atoms with Crippen molar-refractivity contribution in [2.75, 3.05) is 19.6 Å². The first-order valence-electron chi connectivity index (χ1n) is 11.7. The van der Waals surface area contributed by atoms with Crippen molar-refractivity contribution >= 4 is 17.7 Å². The summed E-state index contributed by atoms with van der Waals surface area (Å²) in [4.78, 5) is 15.4. The van der Waals surface area contributed by atoms with E-state index >= 15 is 0 Å². The zero-order chi connectivity index (χ0) is 21.0. The van der Waals surface area contributed by atoms with Crippen LogP contribution in [0.3, 0.4) is 0 Å². The summed E-state index contributed by atoms with van der Waals surface area (Å²) < 4.78 is 5.96. The van der Waals surface area contributed by atoms with Crippen LogP contribution in [0.2, 0.25) is 5.02 Å². The average Bonchev–Trinajstić information content (AvgIpc) is 3.57. The highest BCUT2D eigenvalue weighted by molar-refractivity contribution is 6.30. The minimum atomic E-state index is -0.232. The number of hydrogen-bond acceptors (Lipinski definition) is 3. The first kappa shape index (κ1) is 19.6. The van der Waals surface area contributed by atoms with Crippen molar-refractivity contribution in [3.05, 3.63) is 58.6 Å². The van der Waals surface area contributed by atoms with E-state index in [0.29, 0.717) is 5.92 Å². The Labute approximate surface area is 188 Å². The molecule has 0 radical (unpaired) electrons. The van der Waals surface area contributed by atoms with Gasteiger partial charge in [0.2, 0.25) is 0 Å². The van der Waals surface area contributed by atoms with E-state index < -0.39 is 0 Å². The molecule has 31 heavy (non-hydrogen) atoms. The minimum absolute atomic E-state index is 0.0491. The van der Waals surface area contributed by atoms with E-state index in [1.54, 1.807) is 0 Å². The van der Waals surface area contributed by atoms with Crippen molar-refractivity contribution in [1.82, 2.24) is 10.2 Å². The summed E-state index contributed by atoms with van der Waals surface area (Å²) in [5.74, 6) is 0.534. The molecule has 2 aliphatic carbocycles. The van der Waals surface area contributed by atoms with E-state index in [1.807, 2.05) is 12.1 Å². The molecule has 2 aromatic carbocycles. The lowest BCUT2D eigenvalue weighted by Gasteiger charge is -2.44. The van der Waals surface area contributed by atoms with E-state index in [9.17, 15) is 4.79 Å². The van der Waals surface area contributed by atoms with Crippen molar-refractivity contribution in [2.24, 2.45) is 11.3 Å². The van der Waals surface area contributed by atoms with Crippen molar-refractivity contribution in [3.63, 3.8) is 0 Å². The first-order chi connectivity index (χ1) is 15.1. The van der Waals surface area contributed by atoms with Gasteiger partial charge in [-0.3, -0.25) is 4.90 Å². The summed E-state index contributed by atoms with van der Waals surface area (Å²) in [6.45, 7) is 3.21. The maximum Gasteiger partial charge on any atom is 0.407 e. The Hall–Kier alpha value is -2.04. The second-order valence-corrected chi connectivity index (χ2v) is 10.4. The summed E-state index contributed by atoms with van der Waals surface area (Å²) in [6, 6.07) is 14.8. The number of halogens is 1. The van der Waals surface area contributed by atoms with Crippen molar-refractivity contribution in [1.29, 1.82) is 0 Å². The second-order valence-electron chi connectivity index (χ2n) is 9.94. The highest BCUT2D eigenvalue weighted by Crippen LogP contribution is 2.61. The number of alkyl carbamates (subject to hydrolysis) is 1. The number of carbonyl (C=O) groups excluding carboxylic acids is 1. The number of benzene rings is 2. The standard InChI is InChI=1S/C26H29ClN2O2/c27-21-4-1-17(2-5-21)19-3-6-22-20(15-19)7-10-26(11-12-26)24(22)28-25(30)31-23-16-29-13-8-18(23)9-14-29/h1-6,15,18,23-24H,7-14,16H2,(H,28,30)/t23-,24?/m0/s1. The summed E-state index contributed by atoms with van der Waals surface area (Å²) in [7, 11) is 0. The van der Waals surface area contributed by atoms with Crippen LogP contribution in [-0.4, -0.2) is 36.7 Å². The van der Waals surface area contributed by atoms with Gasteiger partial charge in [0.05, 0.1) is 6.04 Å². The zero-order valence-corrected chi connectivity index (χ0v) is 18.5. The molecule has 1 N–H and O–H groups in total. The van der Waals surface area contributed by atoms with Gasteiger partial charge in [0, 0.05) is 11.6 Å². The quantitative estimate of drug-likeness (QED) is 0.681. The molecule has 7 rings (SSSR count). The first-order valence-corrected chi connectivity index (χ1v) is 12.1. The van der Waals surface area contributed by atoms with Crippen molar-refractivity contribution in [2.45, 2.75) is 50.7 Å². The topological polar surface area (TPSA) is 41.6 Å². The summed E-state index contributed by atoms with van der Waals surface area (Å²) >= 11 is 6.06. The molecule has 2 bridgehead atoms. The monoisotopic (exact) mass is 436 g/mol. The van der Waals surface area contributed by atoms with Crippen LogP contribution in [0.15, 0.2) is 42.5 Å². The molecule has 2 atom stereocenters. The van der Waals surface area contributed by atoms with E-state index in [2.05, 4.69) is 40.5 Å². The Morgan fingerprint density at radius 1 is 1.03 bits per heavy atom. The molecular weight excluding hydrogens is 408 g/mol. The number of rotatable bonds is 3. The normalized spacial score (nSPS) is 30.0. The summed E-state index contributed by atoms with van der Waals surface area (Å²) in [6.07, 6.45) is 6.71. The van der Waals surface area contributed by atoms with Gasteiger partial charge in [-0.05, 0) is 97.3 Å². The molecule has 162 valence electrons. The number of hydrogen-bond donors (Lipinski definition) is 1. The van der Waals surface area contributed by atoms with Crippen LogP contribution in [0.4, 0.5) is 4.79 Å². The van der Waals surface area contributed by atoms with E-state index in [1.165, 1.54) is 35.1 Å². The molecule has 1 saturated carbocycles. The Kier molecular flexibility index (Phi) is 4.77. The molecule has 2 aromatic rings. The van der Waals surface area contributed by atoms with Gasteiger partial charge in [-0.25, -0.2) is 4.79 Å². The third-order valence-electron chi connectivity index (χ3n) is 8.15. The maximum atomic E-state index is 12.9. The molecule has 3 heterocycles. The molecule has 1 spiro atoms. The number of fused-ring (bicyclic) bond motifs is 4. The SMILES string of the molecule is O=C(NC1c2ccc(-c3ccc(Cl)cc3)cc2CCC12CC2)O[C@H]1CN2CCC1CC2. The third kappa shape index (κ3) is 3.64. The van der Waals surface area contributed by atoms with Crippen LogP contribution < -0.4 is 5.32 Å². The highest BCUT2D eigenvalue weighted by atomic mass is 35.5. The molecule has 4 fully saturated rings. The largest absolute Gasteiger partial charge is 0.445 e. The lowest BCUT2D eigenvalue weighted by Crippen LogP contribution is -2.53. The predicted octanol–water partition coefficient (Wildman–Crippen LogP) is 5.59. The fraction of sp³-hybridized carbons (Fsp3) is 0.500. The molecular formula is C26H29ClN2O2. The molecule has 3 saturated heterocycles. The third-order valence-corrected chi connectivity index (χ3v) is 8.40. The molecule has 5 heteroatoms. The van der Waals surface area contributed by atoms with E-state index in [4.69, 9.17) is 16.3 Å². The average molecular weight is 437 g/mol. The van der Waals surface area contributed by atoms with Crippen LogP contribution >= 0.6 is 11.6 Å². The number of nitrogens with one attached hydrogen (secondary N) is 1. The predicted molar refractivity (Wildman–Crippen MR) is 122 cm³/mol. The smallest absolute Gasteiger partial charge is 0.407 e. The van der Waals surface area contributed by atoms with Gasteiger partial charge in [-0.2, -0.15) is 0 Å². The molecule has 5 aliphatic rings. The number of amides is 1. The van der Waals surface area contributed by atoms with Crippen molar-refractivity contribution in [3.8, 4) is 11.1 Å². The summed E-state index contributed by atoms with van der Waals surface area (Å²) in [5, 5.41) is 4.06. The van der Waals surface area contributed by atoms with Crippen molar-refractivity contribution < 1.29 is 9.53 Å². The molecule has 3 aliphatic heterocycles. The molecule has 4 nitrogen and oxygen atoms in total. The molecule has 1 amide bonds. The Balaban J connectivity index is 1.22. The van der Waals surface area contributed by atoms with E-state index in [0.717, 1.165) is 50.3 Å². The van der Waals surface area contributed by atoms with Crippen LogP contribution in [0, 0.1) is 11.3 Å². The number of ether oxygens (including phenoxy) is 1. The number of carbonyl (C=O) groups is 1. The maximum absolute atomic E-state index is 12.9. The fourth-order valence-corrected chi connectivity index (χ4v) is 6.17. The fourth-order valence-electron chi connectivity index (χ4n) is 6.05. The van der Waals surface area contributed by atoms with Crippen LogP contribution in [0.25, 0.3) is 11.1 Å². The lowest BCUT2D eigenvalue weighted by molar-refractivity contribution is -0.0347. The van der Waals surface area contributed by atoms with Crippen LogP contribution in [0.5, 0.6) is 0 Å². The van der Waals surface area contributed by atoms with Gasteiger partial charge < -0.3 is 10.1 Å². The van der Waals surface area contributed by atoms with Gasteiger partial charge in [0.1, 0.15) is 6.10 Å². The van der Waals surface area contributed by atoms with E-state index in [-0.39, 0.29) is 23.7 Å². The summed E-state index contributed by atoms with van der Waals surface area (Å²) in [5.41, 5.74) is 5.22. The Morgan fingerprint density at radius 3 is 2.45 bits per heavy atom. The minimum Gasteiger partial charge on any atom is -0.445 e. The molecule has 1 unspecified atom stereocenters. The van der Waals surface area contributed by atoms with Crippen LogP contribution in [0.1, 0.15) is 49.3 Å². The van der Waals surface area contributed by atoms with Gasteiger partial charge >= 0.3 is 6.09 Å². The van der Waals surface area contributed by atoms with Gasteiger partial charge in [-0.15, -0.1) is 0 Å². The number of aryl methyl sites for hydroxylation is 1. The van der Waals surface area contributed by atoms with Crippen LogP contribution in [-0.2, 0) is 11.2 Å². The number of nitrogens with zero attached hydrogens (tertiary/aromatic N) is 1. The molecule has 0 aromatic heterocycles. The van der Waals surface area contributed by atoms with Gasteiger partial charge in [0.15, 0.2) is 0 Å². The van der Waals surface area contributed by atoms with Gasteiger partial charge in [-0.1, -0.05) is 41.9 Å². The second kappa shape index (κ2) is 7.53.